The molecule has 4 N–H and O–H groups in total. The number of aromatic hydroxyl groups is 1. The molecule has 1 heterocycles. The van der Waals surface area contributed by atoms with Crippen LogP contribution in [-0.4, -0.2) is 24.7 Å². The van der Waals surface area contributed by atoms with E-state index in [1.807, 2.05) is 12.1 Å². The smallest absolute Gasteiger partial charge is 0.115 e. The summed E-state index contributed by atoms with van der Waals surface area (Å²) in [6, 6.07) is 7.43. The van der Waals surface area contributed by atoms with Gasteiger partial charge in [-0.2, -0.15) is 0 Å². The Kier molecular flexibility index (Phi) is 3.23. The Morgan fingerprint density at radius 1 is 1.40 bits per heavy atom. The van der Waals surface area contributed by atoms with E-state index in [9.17, 15) is 5.11 Å². The highest BCUT2D eigenvalue weighted by Crippen LogP contribution is 2.28. The maximum atomic E-state index is 9.23. The standard InChI is InChI=1S/C12H18N2O/c13-7-12(10-5-6-14-8-10)9-1-3-11(15)4-2-9/h1-4,10,12,14-15H,5-8,13H2. The number of phenols is 1. The van der Waals surface area contributed by atoms with E-state index in [1.165, 1.54) is 12.0 Å². The molecule has 3 heteroatoms. The van der Waals surface area contributed by atoms with E-state index in [0.717, 1.165) is 13.1 Å². The molecule has 3 nitrogen and oxygen atoms in total. The van der Waals surface area contributed by atoms with E-state index in [4.69, 9.17) is 5.73 Å². The van der Waals surface area contributed by atoms with Crippen LogP contribution in [-0.2, 0) is 0 Å². The van der Waals surface area contributed by atoms with E-state index in [-0.39, 0.29) is 0 Å². The SMILES string of the molecule is NCC(c1ccc(O)cc1)C1CCNC1. The third kappa shape index (κ3) is 2.30. The first-order valence-corrected chi connectivity index (χ1v) is 5.51. The summed E-state index contributed by atoms with van der Waals surface area (Å²) in [5.41, 5.74) is 7.07. The maximum absolute atomic E-state index is 9.23. The molecule has 1 saturated heterocycles. The van der Waals surface area contributed by atoms with Crippen molar-refractivity contribution in [3.8, 4) is 5.75 Å². The van der Waals surface area contributed by atoms with Crippen LogP contribution in [0.3, 0.4) is 0 Å². The number of nitrogens with one attached hydrogen (secondary N) is 1. The van der Waals surface area contributed by atoms with Crippen molar-refractivity contribution >= 4 is 0 Å². The molecule has 1 aromatic carbocycles. The van der Waals surface area contributed by atoms with Crippen LogP contribution in [0, 0.1) is 5.92 Å². The van der Waals surface area contributed by atoms with E-state index in [2.05, 4.69) is 5.32 Å². The summed E-state index contributed by atoms with van der Waals surface area (Å²) in [7, 11) is 0. The molecule has 1 aliphatic rings. The Balaban J connectivity index is 2.14. The lowest BCUT2D eigenvalue weighted by Gasteiger charge is -2.21. The number of hydrogen-bond acceptors (Lipinski definition) is 3. The second kappa shape index (κ2) is 4.64. The fourth-order valence-electron chi connectivity index (χ4n) is 2.34. The average molecular weight is 206 g/mol. The van der Waals surface area contributed by atoms with E-state index in [1.54, 1.807) is 12.1 Å². The van der Waals surface area contributed by atoms with Crippen LogP contribution in [0.4, 0.5) is 0 Å². The van der Waals surface area contributed by atoms with Gasteiger partial charge in [0, 0.05) is 5.92 Å². The Hall–Kier alpha value is -1.06. The minimum atomic E-state index is 0.319. The van der Waals surface area contributed by atoms with Gasteiger partial charge in [-0.1, -0.05) is 12.1 Å². The van der Waals surface area contributed by atoms with Gasteiger partial charge in [0.25, 0.3) is 0 Å². The van der Waals surface area contributed by atoms with Crippen LogP contribution in [0.2, 0.25) is 0 Å². The maximum Gasteiger partial charge on any atom is 0.115 e. The lowest BCUT2D eigenvalue weighted by molar-refractivity contribution is 0.459. The summed E-state index contributed by atoms with van der Waals surface area (Å²) in [5.74, 6) is 1.37. The Morgan fingerprint density at radius 2 is 2.13 bits per heavy atom. The Morgan fingerprint density at radius 3 is 2.67 bits per heavy atom. The van der Waals surface area contributed by atoms with Gasteiger partial charge in [0.05, 0.1) is 0 Å². The molecule has 0 amide bonds. The van der Waals surface area contributed by atoms with Gasteiger partial charge in [0.2, 0.25) is 0 Å². The minimum Gasteiger partial charge on any atom is -0.508 e. The number of phenolic OH excluding ortho intramolecular Hbond substituents is 1. The van der Waals surface area contributed by atoms with Crippen LogP contribution < -0.4 is 11.1 Å². The van der Waals surface area contributed by atoms with Crippen molar-refractivity contribution in [2.45, 2.75) is 12.3 Å². The van der Waals surface area contributed by atoms with Crippen LogP contribution >= 0.6 is 0 Å². The second-order valence-corrected chi connectivity index (χ2v) is 4.19. The zero-order chi connectivity index (χ0) is 10.7. The molecule has 15 heavy (non-hydrogen) atoms. The quantitative estimate of drug-likeness (QED) is 0.692. The number of nitrogens with two attached hydrogens (primary N) is 1. The molecule has 0 saturated carbocycles. The largest absolute Gasteiger partial charge is 0.508 e. The summed E-state index contributed by atoms with van der Waals surface area (Å²) in [6.07, 6.45) is 1.20. The summed E-state index contributed by atoms with van der Waals surface area (Å²) < 4.78 is 0. The molecule has 82 valence electrons. The molecule has 0 spiro atoms. The van der Waals surface area contributed by atoms with Gasteiger partial charge in [0.1, 0.15) is 5.75 Å². The van der Waals surface area contributed by atoms with Gasteiger partial charge < -0.3 is 16.2 Å². The van der Waals surface area contributed by atoms with E-state index in [0.29, 0.717) is 24.1 Å². The molecule has 1 aromatic rings. The van der Waals surface area contributed by atoms with Crippen LogP contribution in [0.15, 0.2) is 24.3 Å². The predicted octanol–water partition coefficient (Wildman–Crippen LogP) is 1.04. The van der Waals surface area contributed by atoms with Crippen molar-refractivity contribution in [1.29, 1.82) is 0 Å². The second-order valence-electron chi connectivity index (χ2n) is 4.19. The first-order valence-electron chi connectivity index (χ1n) is 5.51. The number of benzene rings is 1. The first-order chi connectivity index (χ1) is 7.31. The van der Waals surface area contributed by atoms with Gasteiger partial charge in [0.15, 0.2) is 0 Å². The lowest BCUT2D eigenvalue weighted by atomic mass is 9.85. The van der Waals surface area contributed by atoms with Gasteiger partial charge in [-0.15, -0.1) is 0 Å². The number of rotatable bonds is 3. The molecule has 0 radical (unpaired) electrons. The highest BCUT2D eigenvalue weighted by molar-refractivity contribution is 5.29. The third-order valence-electron chi connectivity index (χ3n) is 3.24. The fraction of sp³-hybridized carbons (Fsp3) is 0.500. The van der Waals surface area contributed by atoms with Crippen LogP contribution in [0.25, 0.3) is 0 Å². The van der Waals surface area contributed by atoms with Crippen molar-refractivity contribution in [1.82, 2.24) is 5.32 Å². The van der Waals surface area contributed by atoms with Gasteiger partial charge in [-0.3, -0.25) is 0 Å². The predicted molar refractivity (Wildman–Crippen MR) is 60.9 cm³/mol. The van der Waals surface area contributed by atoms with Crippen molar-refractivity contribution in [3.63, 3.8) is 0 Å². The minimum absolute atomic E-state index is 0.319. The lowest BCUT2D eigenvalue weighted by Crippen LogP contribution is -2.23. The zero-order valence-electron chi connectivity index (χ0n) is 8.82. The molecule has 2 unspecified atom stereocenters. The van der Waals surface area contributed by atoms with Crippen molar-refractivity contribution < 1.29 is 5.11 Å². The molecular formula is C12H18N2O. The third-order valence-corrected chi connectivity index (χ3v) is 3.24. The van der Waals surface area contributed by atoms with Gasteiger partial charge >= 0.3 is 0 Å². The molecule has 0 bridgehead atoms. The number of hydrogen-bond donors (Lipinski definition) is 3. The monoisotopic (exact) mass is 206 g/mol. The highest BCUT2D eigenvalue weighted by atomic mass is 16.3. The van der Waals surface area contributed by atoms with E-state index >= 15 is 0 Å². The van der Waals surface area contributed by atoms with Crippen molar-refractivity contribution in [3.05, 3.63) is 29.8 Å². The summed E-state index contributed by atoms with van der Waals surface area (Å²) in [6.45, 7) is 2.83. The summed E-state index contributed by atoms with van der Waals surface area (Å²) in [4.78, 5) is 0. The van der Waals surface area contributed by atoms with Gasteiger partial charge in [-0.05, 0) is 49.7 Å². The molecular weight excluding hydrogens is 188 g/mol. The molecule has 2 rings (SSSR count). The average Bonchev–Trinajstić information content (AvgIpc) is 2.75. The summed E-state index contributed by atoms with van der Waals surface area (Å²) in [5, 5.41) is 12.6. The molecule has 1 aliphatic heterocycles. The van der Waals surface area contributed by atoms with Crippen molar-refractivity contribution in [2.75, 3.05) is 19.6 Å². The molecule has 1 fully saturated rings. The summed E-state index contributed by atoms with van der Waals surface area (Å²) >= 11 is 0. The Bertz CT molecular complexity index is 304. The highest BCUT2D eigenvalue weighted by Gasteiger charge is 2.24. The zero-order valence-corrected chi connectivity index (χ0v) is 8.82. The topological polar surface area (TPSA) is 58.3 Å². The van der Waals surface area contributed by atoms with Crippen LogP contribution in [0.5, 0.6) is 5.75 Å². The molecule has 0 aliphatic carbocycles. The molecule has 2 atom stereocenters. The van der Waals surface area contributed by atoms with Crippen molar-refractivity contribution in [2.24, 2.45) is 11.7 Å². The Labute approximate surface area is 90.3 Å². The van der Waals surface area contributed by atoms with Crippen LogP contribution in [0.1, 0.15) is 17.9 Å². The normalized spacial score (nSPS) is 22.9. The van der Waals surface area contributed by atoms with E-state index < -0.39 is 0 Å². The van der Waals surface area contributed by atoms with Gasteiger partial charge in [-0.25, -0.2) is 0 Å². The molecule has 0 aromatic heterocycles. The fourth-order valence-corrected chi connectivity index (χ4v) is 2.34. The first kappa shape index (κ1) is 10.5.